The molecule has 1 aromatic carbocycles. The van der Waals surface area contributed by atoms with Gasteiger partial charge >= 0.3 is 0 Å². The van der Waals surface area contributed by atoms with E-state index in [0.717, 1.165) is 11.3 Å². The lowest BCUT2D eigenvalue weighted by Crippen LogP contribution is -2.43. The summed E-state index contributed by atoms with van der Waals surface area (Å²) in [6.45, 7) is -0.0483. The van der Waals surface area contributed by atoms with Gasteiger partial charge in [0, 0.05) is 19.2 Å². The lowest BCUT2D eigenvalue weighted by Gasteiger charge is -2.19. The van der Waals surface area contributed by atoms with E-state index in [1.165, 1.54) is 4.90 Å². The van der Waals surface area contributed by atoms with E-state index in [4.69, 9.17) is 5.73 Å². The summed E-state index contributed by atoms with van der Waals surface area (Å²) in [4.78, 5) is 24.1. The maximum atomic E-state index is 12.0. The molecule has 5 heteroatoms. The number of hydrogen-bond donors (Lipinski definition) is 2. The van der Waals surface area contributed by atoms with Crippen LogP contribution in [-0.2, 0) is 16.0 Å². The second kappa shape index (κ2) is 4.45. The van der Waals surface area contributed by atoms with Gasteiger partial charge in [0.1, 0.15) is 6.04 Å². The van der Waals surface area contributed by atoms with Crippen molar-refractivity contribution in [3.8, 4) is 0 Å². The van der Waals surface area contributed by atoms with E-state index in [2.05, 4.69) is 5.32 Å². The summed E-state index contributed by atoms with van der Waals surface area (Å²) >= 11 is 0. The molecular formula is C12H15N3O2. The number of anilines is 1. The molecule has 1 heterocycles. The zero-order chi connectivity index (χ0) is 12.4. The molecule has 3 N–H and O–H groups in total. The number of carbonyl (C=O) groups excluding carboxylic acids is 2. The Morgan fingerprint density at radius 1 is 1.47 bits per heavy atom. The Balaban J connectivity index is 2.03. The molecule has 0 saturated carbocycles. The van der Waals surface area contributed by atoms with Gasteiger partial charge in [0.25, 0.3) is 0 Å². The van der Waals surface area contributed by atoms with Gasteiger partial charge in [-0.15, -0.1) is 0 Å². The molecular weight excluding hydrogens is 218 g/mol. The van der Waals surface area contributed by atoms with Crippen LogP contribution in [0.1, 0.15) is 5.56 Å². The Kier molecular flexibility index (Phi) is 2.99. The van der Waals surface area contributed by atoms with E-state index in [-0.39, 0.29) is 18.5 Å². The molecule has 1 aliphatic heterocycles. The van der Waals surface area contributed by atoms with Crippen molar-refractivity contribution in [3.63, 3.8) is 0 Å². The first-order valence-corrected chi connectivity index (χ1v) is 5.45. The van der Waals surface area contributed by atoms with Crippen LogP contribution in [0.2, 0.25) is 0 Å². The number of nitrogens with zero attached hydrogens (tertiary/aromatic N) is 1. The van der Waals surface area contributed by atoms with Gasteiger partial charge in [0.05, 0.1) is 6.54 Å². The molecule has 90 valence electrons. The average molecular weight is 233 g/mol. The lowest BCUT2D eigenvalue weighted by atomic mass is 10.1. The summed E-state index contributed by atoms with van der Waals surface area (Å²) in [5.41, 5.74) is 7.17. The number of rotatable bonds is 3. The summed E-state index contributed by atoms with van der Waals surface area (Å²) in [6, 6.07) is 7.50. The minimum Gasteiger partial charge on any atom is -0.373 e. The zero-order valence-corrected chi connectivity index (χ0v) is 9.64. The fourth-order valence-electron chi connectivity index (χ4n) is 2.02. The van der Waals surface area contributed by atoms with Crippen LogP contribution in [0.3, 0.4) is 0 Å². The monoisotopic (exact) mass is 233 g/mol. The normalized spacial score (nSPS) is 17.1. The number of primary amides is 1. The van der Waals surface area contributed by atoms with Crippen LogP contribution >= 0.6 is 0 Å². The van der Waals surface area contributed by atoms with Gasteiger partial charge in [-0.05, 0) is 11.6 Å². The predicted octanol–water partition coefficient (Wildman–Crippen LogP) is -0.0331. The second-order valence-electron chi connectivity index (χ2n) is 4.22. The highest BCUT2D eigenvalue weighted by Crippen LogP contribution is 2.25. The first-order chi connectivity index (χ1) is 8.08. The van der Waals surface area contributed by atoms with Crippen LogP contribution in [0, 0.1) is 0 Å². The molecule has 0 bridgehead atoms. The number of nitrogens with one attached hydrogen (secondary N) is 1. The Morgan fingerprint density at radius 2 is 2.18 bits per heavy atom. The highest BCUT2D eigenvalue weighted by molar-refractivity contribution is 5.90. The molecule has 0 unspecified atom stereocenters. The van der Waals surface area contributed by atoms with Crippen LogP contribution in [0.25, 0.3) is 0 Å². The minimum absolute atomic E-state index is 0.0483. The third-order valence-electron chi connectivity index (χ3n) is 2.84. The van der Waals surface area contributed by atoms with Crippen molar-refractivity contribution >= 4 is 17.5 Å². The average Bonchev–Trinajstić information content (AvgIpc) is 2.70. The number of amides is 2. The van der Waals surface area contributed by atoms with E-state index < -0.39 is 5.91 Å². The molecule has 1 atom stereocenters. The Labute approximate surface area is 99.6 Å². The lowest BCUT2D eigenvalue weighted by molar-refractivity contribution is -0.134. The fourth-order valence-corrected chi connectivity index (χ4v) is 2.02. The maximum absolute atomic E-state index is 12.0. The molecule has 5 nitrogen and oxygen atoms in total. The smallest absolute Gasteiger partial charge is 0.245 e. The Bertz CT molecular complexity index is 434. The quantitative estimate of drug-likeness (QED) is 0.769. The summed E-state index contributed by atoms with van der Waals surface area (Å²) in [5.74, 6) is -0.614. The summed E-state index contributed by atoms with van der Waals surface area (Å²) in [6.07, 6.45) is 0.651. The molecule has 0 aromatic heterocycles. The Hall–Kier alpha value is -2.04. The molecule has 0 radical (unpaired) electrons. The van der Waals surface area contributed by atoms with E-state index in [1.54, 1.807) is 7.05 Å². The highest BCUT2D eigenvalue weighted by Gasteiger charge is 2.28. The van der Waals surface area contributed by atoms with Gasteiger partial charge in [-0.2, -0.15) is 0 Å². The van der Waals surface area contributed by atoms with Gasteiger partial charge < -0.3 is 16.0 Å². The van der Waals surface area contributed by atoms with Crippen LogP contribution in [0.4, 0.5) is 5.69 Å². The molecule has 2 rings (SSSR count). The van der Waals surface area contributed by atoms with Crippen molar-refractivity contribution in [2.75, 3.05) is 18.9 Å². The number of carbonyl (C=O) groups is 2. The molecule has 0 spiro atoms. The van der Waals surface area contributed by atoms with Crippen molar-refractivity contribution in [3.05, 3.63) is 29.8 Å². The molecule has 1 aliphatic rings. The largest absolute Gasteiger partial charge is 0.373 e. The van der Waals surface area contributed by atoms with Crippen molar-refractivity contribution in [1.29, 1.82) is 0 Å². The van der Waals surface area contributed by atoms with Crippen LogP contribution in [0.5, 0.6) is 0 Å². The number of likely N-dealkylation sites (N-methyl/N-ethyl adjacent to an activating group) is 1. The van der Waals surface area contributed by atoms with E-state index in [0.29, 0.717) is 6.42 Å². The van der Waals surface area contributed by atoms with Crippen LogP contribution in [0.15, 0.2) is 24.3 Å². The number of nitrogens with two attached hydrogens (primary N) is 1. The van der Waals surface area contributed by atoms with Gasteiger partial charge in [0.2, 0.25) is 11.8 Å². The first-order valence-electron chi connectivity index (χ1n) is 5.45. The summed E-state index contributed by atoms with van der Waals surface area (Å²) < 4.78 is 0. The molecule has 1 aromatic rings. The molecule has 2 amide bonds. The van der Waals surface area contributed by atoms with E-state index in [9.17, 15) is 9.59 Å². The summed E-state index contributed by atoms with van der Waals surface area (Å²) in [5, 5.41) is 3.15. The maximum Gasteiger partial charge on any atom is 0.245 e. The zero-order valence-electron chi connectivity index (χ0n) is 9.64. The van der Waals surface area contributed by atoms with Gasteiger partial charge in [0.15, 0.2) is 0 Å². The topological polar surface area (TPSA) is 75.4 Å². The SMILES string of the molecule is CN(CC(N)=O)C(=O)[C@@H]1Cc2ccccc2N1. The van der Waals surface area contributed by atoms with Gasteiger partial charge in [-0.1, -0.05) is 18.2 Å². The van der Waals surface area contributed by atoms with E-state index in [1.807, 2.05) is 24.3 Å². The van der Waals surface area contributed by atoms with Gasteiger partial charge in [-0.3, -0.25) is 9.59 Å². The second-order valence-corrected chi connectivity index (χ2v) is 4.22. The molecule has 0 aliphatic carbocycles. The van der Waals surface area contributed by atoms with Crippen molar-refractivity contribution < 1.29 is 9.59 Å². The van der Waals surface area contributed by atoms with E-state index >= 15 is 0 Å². The number of benzene rings is 1. The highest BCUT2D eigenvalue weighted by atomic mass is 16.2. The number of fused-ring (bicyclic) bond motifs is 1. The first kappa shape index (κ1) is 11.4. The van der Waals surface area contributed by atoms with Crippen LogP contribution < -0.4 is 11.1 Å². The third-order valence-corrected chi connectivity index (χ3v) is 2.84. The Morgan fingerprint density at radius 3 is 2.82 bits per heavy atom. The van der Waals surface area contributed by atoms with Crippen molar-refractivity contribution in [1.82, 2.24) is 4.90 Å². The van der Waals surface area contributed by atoms with Crippen molar-refractivity contribution in [2.24, 2.45) is 5.73 Å². The predicted molar refractivity (Wildman–Crippen MR) is 64.4 cm³/mol. The summed E-state index contributed by atoms with van der Waals surface area (Å²) in [7, 11) is 1.58. The third kappa shape index (κ3) is 2.38. The number of para-hydroxylation sites is 1. The molecule has 0 saturated heterocycles. The number of hydrogen-bond acceptors (Lipinski definition) is 3. The standard InChI is InChI=1S/C12H15N3O2/c1-15(7-11(13)16)12(17)10-6-8-4-2-3-5-9(8)14-10/h2-5,10,14H,6-7H2,1H3,(H2,13,16)/t10-/m0/s1. The van der Waals surface area contributed by atoms with Crippen LogP contribution in [-0.4, -0.2) is 36.3 Å². The molecule has 17 heavy (non-hydrogen) atoms. The minimum atomic E-state index is -0.503. The fraction of sp³-hybridized carbons (Fsp3) is 0.333. The van der Waals surface area contributed by atoms with Crippen molar-refractivity contribution in [2.45, 2.75) is 12.5 Å². The van der Waals surface area contributed by atoms with Gasteiger partial charge in [-0.25, -0.2) is 0 Å². The molecule has 0 fully saturated rings.